The van der Waals surface area contributed by atoms with Gasteiger partial charge < -0.3 is 5.11 Å². The number of aromatic hydroxyl groups is 1. The van der Waals surface area contributed by atoms with Crippen molar-refractivity contribution in [3.8, 4) is 5.75 Å². The number of unbranched alkanes of at least 4 members (excludes halogenated alkanes) is 10. The first kappa shape index (κ1) is 34.9. The third-order valence-corrected chi connectivity index (χ3v) is 9.52. The average Bonchev–Trinajstić information content (AvgIpc) is 2.89. The fraction of sp³-hybridized carbons (Fsp3) is 0.758. The molecule has 7 heteroatoms. The number of aliphatic imine (C=N–C) groups is 2. The highest BCUT2D eigenvalue weighted by atomic mass is 32.2. The molecule has 40 heavy (non-hydrogen) atoms. The maximum absolute atomic E-state index is 11.4. The van der Waals surface area contributed by atoms with E-state index < -0.39 is 0 Å². The van der Waals surface area contributed by atoms with Crippen molar-refractivity contribution >= 4 is 42.3 Å². The monoisotopic (exact) mass is 590 g/mol. The van der Waals surface area contributed by atoms with Gasteiger partial charge in [0.1, 0.15) is 18.4 Å². The van der Waals surface area contributed by atoms with Gasteiger partial charge in [-0.15, -0.1) is 0 Å². The molecular weight excluding hydrogens is 533 g/mol. The third-order valence-electron chi connectivity index (χ3n) is 7.32. The van der Waals surface area contributed by atoms with Gasteiger partial charge in [0.15, 0.2) is 0 Å². The number of nitrogens with zero attached hydrogens (tertiary/aromatic N) is 4. The fourth-order valence-corrected chi connectivity index (χ4v) is 6.93. The highest BCUT2D eigenvalue weighted by molar-refractivity contribution is 8.00. The number of hydrogen-bond donors (Lipinski definition) is 1. The lowest BCUT2D eigenvalue weighted by Gasteiger charge is -2.38. The standard InChI is InChI=1S/C33H58N4OS2/c1-9-11-13-15-17-19-21-39-36-26-34-25-35-31(36)37(40-22-20-18-16-14-12-10-2)27-23-28(32(3,4)5)30(38)29(24-27)33(6,7)8/h23-26,31,38H,9-22H2,1-8H3. The molecule has 5 nitrogen and oxygen atoms in total. The number of anilines is 1. The van der Waals surface area contributed by atoms with Crippen LogP contribution in [0.2, 0.25) is 0 Å². The van der Waals surface area contributed by atoms with Gasteiger partial charge in [-0.3, -0.25) is 8.61 Å². The Labute approximate surface area is 255 Å². The van der Waals surface area contributed by atoms with Crippen LogP contribution in [0.4, 0.5) is 5.69 Å². The fourth-order valence-electron chi connectivity index (χ4n) is 4.84. The van der Waals surface area contributed by atoms with Crippen LogP contribution in [-0.4, -0.2) is 39.9 Å². The molecule has 1 unspecified atom stereocenters. The highest BCUT2D eigenvalue weighted by Gasteiger charge is 2.31. The van der Waals surface area contributed by atoms with Crippen LogP contribution in [0.3, 0.4) is 0 Å². The lowest BCUT2D eigenvalue weighted by Crippen LogP contribution is -2.42. The van der Waals surface area contributed by atoms with Crippen LogP contribution in [0.1, 0.15) is 144 Å². The van der Waals surface area contributed by atoms with E-state index in [9.17, 15) is 5.11 Å². The Kier molecular flexibility index (Phi) is 15.3. The van der Waals surface area contributed by atoms with Gasteiger partial charge in [0.25, 0.3) is 0 Å². The summed E-state index contributed by atoms with van der Waals surface area (Å²) in [6.45, 7) is 17.6. The second kappa shape index (κ2) is 17.6. The zero-order chi connectivity index (χ0) is 29.6. The molecule has 1 aliphatic heterocycles. The molecule has 0 spiro atoms. The molecule has 1 aromatic rings. The second-order valence-electron chi connectivity index (χ2n) is 13.2. The summed E-state index contributed by atoms with van der Waals surface area (Å²) in [6.07, 6.45) is 18.9. The third kappa shape index (κ3) is 11.5. The van der Waals surface area contributed by atoms with Crippen molar-refractivity contribution in [1.82, 2.24) is 4.31 Å². The van der Waals surface area contributed by atoms with Gasteiger partial charge in [-0.05, 0) is 59.7 Å². The van der Waals surface area contributed by atoms with Crippen molar-refractivity contribution in [3.63, 3.8) is 0 Å². The van der Waals surface area contributed by atoms with E-state index >= 15 is 0 Å². The predicted octanol–water partition coefficient (Wildman–Crippen LogP) is 10.5. The lowest BCUT2D eigenvalue weighted by molar-refractivity contribution is 0.423. The molecule has 1 atom stereocenters. The molecule has 2 rings (SSSR count). The molecular formula is C33H58N4OS2. The van der Waals surface area contributed by atoms with Gasteiger partial charge in [0.2, 0.25) is 6.29 Å². The van der Waals surface area contributed by atoms with Crippen molar-refractivity contribution in [2.75, 3.05) is 15.8 Å². The Morgan fingerprint density at radius 3 is 1.80 bits per heavy atom. The van der Waals surface area contributed by atoms with E-state index in [-0.39, 0.29) is 17.1 Å². The quantitative estimate of drug-likeness (QED) is 0.136. The van der Waals surface area contributed by atoms with Crippen LogP contribution in [-0.2, 0) is 10.8 Å². The lowest BCUT2D eigenvalue weighted by atomic mass is 9.79. The Balaban J connectivity index is 2.31. The van der Waals surface area contributed by atoms with E-state index in [4.69, 9.17) is 4.99 Å². The number of phenols is 1. The van der Waals surface area contributed by atoms with Gasteiger partial charge in [-0.1, -0.05) is 120 Å². The predicted molar refractivity (Wildman–Crippen MR) is 182 cm³/mol. The summed E-state index contributed by atoms with van der Waals surface area (Å²) in [5.41, 5.74) is 2.71. The number of phenolic OH excluding ortho intramolecular Hbond substituents is 1. The summed E-state index contributed by atoms with van der Waals surface area (Å²) in [5, 5.41) is 11.4. The van der Waals surface area contributed by atoms with Crippen LogP contribution in [0.15, 0.2) is 22.1 Å². The topological polar surface area (TPSA) is 51.4 Å². The summed E-state index contributed by atoms with van der Waals surface area (Å²) >= 11 is 3.70. The molecule has 1 N–H and O–H groups in total. The molecule has 1 aliphatic rings. The second-order valence-corrected chi connectivity index (χ2v) is 15.3. The van der Waals surface area contributed by atoms with Gasteiger partial charge in [0.05, 0.1) is 5.69 Å². The van der Waals surface area contributed by atoms with E-state index in [2.05, 4.69) is 81.1 Å². The largest absolute Gasteiger partial charge is 0.507 e. The Morgan fingerprint density at radius 1 is 0.775 bits per heavy atom. The van der Waals surface area contributed by atoms with Crippen LogP contribution < -0.4 is 4.31 Å². The summed E-state index contributed by atoms with van der Waals surface area (Å²) < 4.78 is 4.59. The summed E-state index contributed by atoms with van der Waals surface area (Å²) in [7, 11) is 0. The number of benzene rings is 1. The van der Waals surface area contributed by atoms with Gasteiger partial charge in [0, 0.05) is 22.6 Å². The number of hydrogen-bond acceptors (Lipinski definition) is 7. The van der Waals surface area contributed by atoms with Gasteiger partial charge in [-0.25, -0.2) is 9.98 Å². The van der Waals surface area contributed by atoms with Crippen molar-refractivity contribution in [2.24, 2.45) is 9.98 Å². The SMILES string of the molecule is CCCCCCCCSN1C=NC=NC1N(SCCCCCCCC)c1cc(C(C)(C)C)c(O)c(C(C)(C)C)c1. The Bertz CT molecular complexity index is 885. The van der Waals surface area contributed by atoms with Crippen LogP contribution in [0, 0.1) is 0 Å². The van der Waals surface area contributed by atoms with Crippen molar-refractivity contribution in [3.05, 3.63) is 23.3 Å². The summed E-state index contributed by atoms with van der Waals surface area (Å²) in [6, 6.07) is 4.38. The van der Waals surface area contributed by atoms with Crippen molar-refractivity contribution in [2.45, 2.75) is 150 Å². The minimum absolute atomic E-state index is 0.181. The molecule has 228 valence electrons. The number of rotatable bonds is 18. The van der Waals surface area contributed by atoms with E-state index in [1.807, 2.05) is 30.2 Å². The van der Waals surface area contributed by atoms with E-state index in [0.29, 0.717) is 5.75 Å². The minimum atomic E-state index is -0.183. The molecule has 0 bridgehead atoms. The maximum atomic E-state index is 11.4. The molecule has 0 aromatic heterocycles. The highest BCUT2D eigenvalue weighted by Crippen LogP contribution is 2.44. The smallest absolute Gasteiger partial charge is 0.220 e. The average molecular weight is 591 g/mol. The first-order chi connectivity index (χ1) is 19.0. The summed E-state index contributed by atoms with van der Waals surface area (Å²) in [5.74, 6) is 2.53. The van der Waals surface area contributed by atoms with Crippen LogP contribution in [0.25, 0.3) is 0 Å². The summed E-state index contributed by atoms with van der Waals surface area (Å²) in [4.78, 5) is 9.30. The zero-order valence-electron chi connectivity index (χ0n) is 26.8. The first-order valence-corrected chi connectivity index (χ1v) is 17.7. The molecule has 1 aromatic carbocycles. The van der Waals surface area contributed by atoms with E-state index in [1.165, 1.54) is 77.0 Å². The minimum Gasteiger partial charge on any atom is -0.507 e. The van der Waals surface area contributed by atoms with Crippen LogP contribution in [0.5, 0.6) is 5.75 Å². The molecule has 0 fully saturated rings. The van der Waals surface area contributed by atoms with Crippen LogP contribution >= 0.6 is 23.9 Å². The zero-order valence-corrected chi connectivity index (χ0v) is 28.5. The molecule has 0 radical (unpaired) electrons. The maximum Gasteiger partial charge on any atom is 0.220 e. The molecule has 0 amide bonds. The molecule has 1 heterocycles. The van der Waals surface area contributed by atoms with E-state index in [0.717, 1.165) is 28.3 Å². The molecule has 0 aliphatic carbocycles. The van der Waals surface area contributed by atoms with Crippen molar-refractivity contribution < 1.29 is 5.11 Å². The van der Waals surface area contributed by atoms with Gasteiger partial charge in [-0.2, -0.15) is 0 Å². The Morgan fingerprint density at radius 2 is 1.27 bits per heavy atom. The van der Waals surface area contributed by atoms with E-state index in [1.54, 1.807) is 6.34 Å². The van der Waals surface area contributed by atoms with Crippen molar-refractivity contribution in [1.29, 1.82) is 0 Å². The first-order valence-electron chi connectivity index (χ1n) is 15.8. The van der Waals surface area contributed by atoms with Gasteiger partial charge >= 0.3 is 0 Å². The molecule has 0 saturated heterocycles. The Hall–Kier alpha value is -1.34. The normalized spacial score (nSPS) is 15.7. The molecule has 0 saturated carbocycles.